The van der Waals surface area contributed by atoms with Gasteiger partial charge in [-0.25, -0.2) is 9.78 Å². The van der Waals surface area contributed by atoms with Gasteiger partial charge in [0.25, 0.3) is 5.91 Å². The first-order valence-corrected chi connectivity index (χ1v) is 8.84. The maximum atomic E-state index is 12.2. The number of carbonyl (C=O) groups is 2. The number of nitrogens with one attached hydrogen (secondary N) is 1. The highest BCUT2D eigenvalue weighted by Crippen LogP contribution is 2.19. The first kappa shape index (κ1) is 16.8. The van der Waals surface area contributed by atoms with Crippen LogP contribution in [0.2, 0.25) is 0 Å². The van der Waals surface area contributed by atoms with Crippen LogP contribution in [0, 0.1) is 0 Å². The molecule has 1 atom stereocenters. The lowest BCUT2D eigenvalue weighted by Crippen LogP contribution is -2.42. The molecular weight excluding hydrogens is 300 g/mol. The molecule has 0 radical (unpaired) electrons. The summed E-state index contributed by atoms with van der Waals surface area (Å²) in [7, 11) is 0. The van der Waals surface area contributed by atoms with E-state index in [-0.39, 0.29) is 11.9 Å². The topological polar surface area (TPSA) is 68.3 Å². The van der Waals surface area contributed by atoms with Crippen molar-refractivity contribution in [3.05, 3.63) is 23.9 Å². The highest BCUT2D eigenvalue weighted by molar-refractivity contribution is 7.98. The summed E-state index contributed by atoms with van der Waals surface area (Å²) in [6.45, 7) is 1.60. The van der Waals surface area contributed by atoms with Gasteiger partial charge in [0.15, 0.2) is 6.10 Å². The van der Waals surface area contributed by atoms with E-state index in [4.69, 9.17) is 4.74 Å². The molecule has 0 saturated heterocycles. The average Bonchev–Trinajstić information content (AvgIpc) is 2.55. The van der Waals surface area contributed by atoms with Crippen LogP contribution in [0.25, 0.3) is 0 Å². The van der Waals surface area contributed by atoms with E-state index in [0.29, 0.717) is 10.6 Å². The minimum atomic E-state index is -0.802. The van der Waals surface area contributed by atoms with E-state index in [2.05, 4.69) is 10.3 Å². The third-order valence-electron chi connectivity index (χ3n) is 3.79. The lowest BCUT2D eigenvalue weighted by atomic mass is 9.95. The minimum absolute atomic E-state index is 0.211. The van der Waals surface area contributed by atoms with Crippen LogP contribution in [-0.2, 0) is 9.53 Å². The highest BCUT2D eigenvalue weighted by Gasteiger charge is 2.23. The Kier molecular flexibility index (Phi) is 6.24. The molecule has 0 spiro atoms. The normalized spacial score (nSPS) is 16.8. The van der Waals surface area contributed by atoms with Gasteiger partial charge in [-0.3, -0.25) is 4.79 Å². The number of esters is 1. The Bertz CT molecular complexity index is 530. The lowest BCUT2D eigenvalue weighted by Gasteiger charge is -2.24. The second kappa shape index (κ2) is 8.17. The van der Waals surface area contributed by atoms with Gasteiger partial charge in [0.05, 0.1) is 5.56 Å². The zero-order valence-electron chi connectivity index (χ0n) is 13.0. The molecule has 1 aliphatic carbocycles. The fourth-order valence-corrected chi connectivity index (χ4v) is 3.09. The largest absolute Gasteiger partial charge is 0.449 e. The predicted octanol–water partition coefficient (Wildman–Crippen LogP) is 2.80. The van der Waals surface area contributed by atoms with Crippen LogP contribution in [0.5, 0.6) is 0 Å². The van der Waals surface area contributed by atoms with Gasteiger partial charge in [-0.2, -0.15) is 0 Å². The Morgan fingerprint density at radius 1 is 1.36 bits per heavy atom. The first-order chi connectivity index (χ1) is 10.6. The zero-order chi connectivity index (χ0) is 15.9. The summed E-state index contributed by atoms with van der Waals surface area (Å²) < 4.78 is 5.28. The van der Waals surface area contributed by atoms with Crippen molar-refractivity contribution in [1.29, 1.82) is 0 Å². The molecular formula is C16H22N2O3S. The SMILES string of the molecule is CSc1ncccc1C(=O)O[C@@H](C)C(=O)NC1CCCCC1. The number of hydrogen-bond acceptors (Lipinski definition) is 5. The van der Waals surface area contributed by atoms with Crippen LogP contribution in [0.1, 0.15) is 49.4 Å². The van der Waals surface area contributed by atoms with Crippen molar-refractivity contribution in [3.8, 4) is 0 Å². The van der Waals surface area contributed by atoms with Crippen molar-refractivity contribution in [1.82, 2.24) is 10.3 Å². The van der Waals surface area contributed by atoms with Crippen LogP contribution < -0.4 is 5.32 Å². The second-order valence-electron chi connectivity index (χ2n) is 5.45. The number of nitrogens with zero attached hydrogens (tertiary/aromatic N) is 1. The fourth-order valence-electron chi connectivity index (χ4n) is 2.55. The minimum Gasteiger partial charge on any atom is -0.449 e. The van der Waals surface area contributed by atoms with Crippen LogP contribution in [0.3, 0.4) is 0 Å². The Hall–Kier alpha value is -1.56. The van der Waals surface area contributed by atoms with E-state index in [1.807, 2.05) is 6.26 Å². The molecule has 0 unspecified atom stereocenters. The molecule has 1 aromatic rings. The molecule has 0 aromatic carbocycles. The summed E-state index contributed by atoms with van der Waals surface area (Å²) in [6.07, 6.45) is 8.20. The maximum Gasteiger partial charge on any atom is 0.341 e. The predicted molar refractivity (Wildman–Crippen MR) is 85.9 cm³/mol. The smallest absolute Gasteiger partial charge is 0.341 e. The number of aromatic nitrogens is 1. The molecule has 1 aliphatic rings. The van der Waals surface area contributed by atoms with Crippen molar-refractivity contribution in [3.63, 3.8) is 0 Å². The van der Waals surface area contributed by atoms with E-state index in [0.717, 1.165) is 25.7 Å². The Morgan fingerprint density at radius 3 is 2.77 bits per heavy atom. The van der Waals surface area contributed by atoms with Gasteiger partial charge in [0, 0.05) is 12.2 Å². The molecule has 2 rings (SSSR count). The third kappa shape index (κ3) is 4.47. The molecule has 1 heterocycles. The zero-order valence-corrected chi connectivity index (χ0v) is 13.8. The number of hydrogen-bond donors (Lipinski definition) is 1. The van der Waals surface area contributed by atoms with Crippen LogP contribution >= 0.6 is 11.8 Å². The lowest BCUT2D eigenvalue weighted by molar-refractivity contribution is -0.130. The molecule has 0 bridgehead atoms. The standard InChI is InChI=1S/C16H22N2O3S/c1-11(14(19)18-12-7-4-3-5-8-12)21-16(20)13-9-6-10-17-15(13)22-2/h6,9-12H,3-5,7-8H2,1-2H3,(H,18,19)/t11-/m0/s1. The van der Waals surface area contributed by atoms with Crippen molar-refractivity contribution >= 4 is 23.6 Å². The molecule has 0 aliphatic heterocycles. The van der Waals surface area contributed by atoms with Crippen molar-refractivity contribution in [2.24, 2.45) is 0 Å². The van der Waals surface area contributed by atoms with Crippen LogP contribution in [-0.4, -0.2) is 35.3 Å². The summed E-state index contributed by atoms with van der Waals surface area (Å²) in [4.78, 5) is 28.4. The average molecular weight is 322 g/mol. The monoisotopic (exact) mass is 322 g/mol. The van der Waals surface area contributed by atoms with Crippen molar-refractivity contribution in [2.45, 2.75) is 56.2 Å². The van der Waals surface area contributed by atoms with E-state index in [1.54, 1.807) is 25.3 Å². The molecule has 5 nitrogen and oxygen atoms in total. The Balaban J connectivity index is 1.91. The quantitative estimate of drug-likeness (QED) is 0.667. The number of pyridine rings is 1. The molecule has 120 valence electrons. The van der Waals surface area contributed by atoms with E-state index >= 15 is 0 Å². The summed E-state index contributed by atoms with van der Waals surface area (Å²) in [5.74, 6) is -0.737. The van der Waals surface area contributed by atoms with Gasteiger partial charge in [-0.15, -0.1) is 11.8 Å². The van der Waals surface area contributed by atoms with Gasteiger partial charge in [-0.1, -0.05) is 19.3 Å². The van der Waals surface area contributed by atoms with Gasteiger partial charge in [0.1, 0.15) is 5.03 Å². The number of thioether (sulfide) groups is 1. The number of carbonyl (C=O) groups excluding carboxylic acids is 2. The molecule has 1 saturated carbocycles. The molecule has 1 fully saturated rings. The first-order valence-electron chi connectivity index (χ1n) is 7.62. The summed E-state index contributed by atoms with van der Waals surface area (Å²) in [6, 6.07) is 3.55. The third-order valence-corrected chi connectivity index (χ3v) is 4.50. The van der Waals surface area contributed by atoms with E-state index in [1.165, 1.54) is 18.2 Å². The highest BCUT2D eigenvalue weighted by atomic mass is 32.2. The van der Waals surface area contributed by atoms with E-state index in [9.17, 15) is 9.59 Å². The molecule has 1 N–H and O–H groups in total. The molecule has 6 heteroatoms. The molecule has 22 heavy (non-hydrogen) atoms. The Labute approximate surface area is 135 Å². The number of ether oxygens (including phenoxy) is 1. The summed E-state index contributed by atoms with van der Waals surface area (Å²) in [5.41, 5.74) is 0.396. The van der Waals surface area contributed by atoms with Crippen molar-refractivity contribution in [2.75, 3.05) is 6.26 Å². The second-order valence-corrected chi connectivity index (χ2v) is 6.25. The van der Waals surface area contributed by atoms with Gasteiger partial charge in [-0.05, 0) is 38.2 Å². The van der Waals surface area contributed by atoms with Gasteiger partial charge in [0.2, 0.25) is 0 Å². The van der Waals surface area contributed by atoms with Crippen LogP contribution in [0.15, 0.2) is 23.4 Å². The molecule has 1 aromatic heterocycles. The fraction of sp³-hybridized carbons (Fsp3) is 0.562. The van der Waals surface area contributed by atoms with E-state index < -0.39 is 12.1 Å². The molecule has 1 amide bonds. The maximum absolute atomic E-state index is 12.2. The van der Waals surface area contributed by atoms with Crippen LogP contribution in [0.4, 0.5) is 0 Å². The Morgan fingerprint density at radius 2 is 2.09 bits per heavy atom. The summed E-state index contributed by atoms with van der Waals surface area (Å²) in [5, 5.41) is 3.57. The van der Waals surface area contributed by atoms with Crippen molar-refractivity contribution < 1.29 is 14.3 Å². The number of rotatable bonds is 5. The van der Waals surface area contributed by atoms with Gasteiger partial charge >= 0.3 is 5.97 Å². The van der Waals surface area contributed by atoms with Gasteiger partial charge < -0.3 is 10.1 Å². The number of amides is 1. The summed E-state index contributed by atoms with van der Waals surface area (Å²) >= 11 is 1.38.